The molecule has 3 rings (SSSR count). The summed E-state index contributed by atoms with van der Waals surface area (Å²) in [5, 5.41) is 3.84. The molecule has 0 aromatic carbocycles. The summed E-state index contributed by atoms with van der Waals surface area (Å²) in [5.74, 6) is -0.00161. The third kappa shape index (κ3) is 2.40. The predicted octanol–water partition coefficient (Wildman–Crippen LogP) is -0.223. The molecule has 0 spiro atoms. The third-order valence-electron chi connectivity index (χ3n) is 3.69. The van der Waals surface area contributed by atoms with Gasteiger partial charge < -0.3 is 14.5 Å². The van der Waals surface area contributed by atoms with E-state index < -0.39 is 0 Å². The van der Waals surface area contributed by atoms with Crippen molar-refractivity contribution in [3.05, 3.63) is 10.6 Å². The van der Waals surface area contributed by atoms with Gasteiger partial charge in [-0.1, -0.05) is 4.49 Å². The zero-order chi connectivity index (χ0) is 14.1. The quantitative estimate of drug-likeness (QED) is 0.754. The number of aryl methyl sites for hydroxylation is 1. The van der Waals surface area contributed by atoms with Crippen LogP contribution in [0, 0.1) is 12.8 Å². The molecule has 0 aliphatic carbocycles. The fraction of sp³-hybridized carbons (Fsp3) is 0.667. The van der Waals surface area contributed by atoms with Crippen LogP contribution in [0.5, 0.6) is 0 Å². The Morgan fingerprint density at radius 2 is 1.95 bits per heavy atom. The fourth-order valence-corrected chi connectivity index (χ4v) is 3.04. The number of carbonyl (C=O) groups is 2. The van der Waals surface area contributed by atoms with Crippen LogP contribution in [0.4, 0.5) is 0 Å². The van der Waals surface area contributed by atoms with E-state index in [4.69, 9.17) is 4.74 Å². The van der Waals surface area contributed by atoms with Crippen LogP contribution in [0.25, 0.3) is 0 Å². The molecular weight excluding hydrogens is 280 g/mol. The standard InChI is InChI=1S/C12H16N4O3S/c1-8-10(20-14-13-8)12(18)16-6-9(7-16)11(17)15-2-4-19-5-3-15/h9H,2-7H2,1H3. The SMILES string of the molecule is Cc1nnsc1C(=O)N1CC(C(=O)N2CCOCC2)C1. The molecule has 8 heteroatoms. The second-order valence-electron chi connectivity index (χ2n) is 5.03. The summed E-state index contributed by atoms with van der Waals surface area (Å²) in [6.07, 6.45) is 0. The number of carbonyl (C=O) groups excluding carboxylic acids is 2. The van der Waals surface area contributed by atoms with E-state index >= 15 is 0 Å². The summed E-state index contributed by atoms with van der Waals surface area (Å²) in [6, 6.07) is 0. The predicted molar refractivity (Wildman–Crippen MR) is 71.4 cm³/mol. The number of hydrogen-bond acceptors (Lipinski definition) is 6. The minimum Gasteiger partial charge on any atom is -0.378 e. The maximum atomic E-state index is 12.2. The van der Waals surface area contributed by atoms with E-state index in [1.54, 1.807) is 11.8 Å². The number of aromatic nitrogens is 2. The number of rotatable bonds is 2. The molecule has 0 unspecified atom stereocenters. The van der Waals surface area contributed by atoms with Crippen molar-refractivity contribution in [2.75, 3.05) is 39.4 Å². The van der Waals surface area contributed by atoms with Gasteiger partial charge in [0.2, 0.25) is 5.91 Å². The Hall–Kier alpha value is -1.54. The van der Waals surface area contributed by atoms with Gasteiger partial charge in [-0.2, -0.15) is 0 Å². The van der Waals surface area contributed by atoms with Gasteiger partial charge >= 0.3 is 0 Å². The van der Waals surface area contributed by atoms with Crippen LogP contribution in [0.1, 0.15) is 15.4 Å². The molecule has 0 bridgehead atoms. The lowest BCUT2D eigenvalue weighted by Gasteiger charge is -2.41. The van der Waals surface area contributed by atoms with Gasteiger partial charge in [-0.3, -0.25) is 9.59 Å². The highest BCUT2D eigenvalue weighted by atomic mass is 32.1. The van der Waals surface area contributed by atoms with E-state index in [2.05, 4.69) is 9.59 Å². The summed E-state index contributed by atoms with van der Waals surface area (Å²) < 4.78 is 9.00. The Bertz CT molecular complexity index is 521. The lowest BCUT2D eigenvalue weighted by atomic mass is 9.97. The van der Waals surface area contributed by atoms with Gasteiger partial charge in [0.25, 0.3) is 5.91 Å². The second kappa shape index (κ2) is 5.45. The molecular formula is C12H16N4O3S. The van der Waals surface area contributed by atoms with Crippen LogP contribution in [0.15, 0.2) is 0 Å². The molecule has 2 aliphatic rings. The van der Waals surface area contributed by atoms with Crippen molar-refractivity contribution < 1.29 is 14.3 Å². The van der Waals surface area contributed by atoms with Gasteiger partial charge in [0.05, 0.1) is 24.8 Å². The van der Waals surface area contributed by atoms with E-state index in [1.807, 2.05) is 4.90 Å². The molecule has 2 aliphatic heterocycles. The van der Waals surface area contributed by atoms with Crippen LogP contribution >= 0.6 is 11.5 Å². The molecule has 2 fully saturated rings. The van der Waals surface area contributed by atoms with Crippen molar-refractivity contribution in [2.24, 2.45) is 5.92 Å². The first-order valence-electron chi connectivity index (χ1n) is 6.61. The number of amides is 2. The van der Waals surface area contributed by atoms with Crippen molar-refractivity contribution in [3.63, 3.8) is 0 Å². The Morgan fingerprint density at radius 3 is 2.55 bits per heavy atom. The van der Waals surface area contributed by atoms with Gasteiger partial charge in [0.1, 0.15) is 4.88 Å². The fourth-order valence-electron chi connectivity index (χ4n) is 2.41. The van der Waals surface area contributed by atoms with Gasteiger partial charge in [0, 0.05) is 26.2 Å². The first-order chi connectivity index (χ1) is 9.66. The van der Waals surface area contributed by atoms with Crippen LogP contribution in [0.2, 0.25) is 0 Å². The second-order valence-corrected chi connectivity index (χ2v) is 5.79. The van der Waals surface area contributed by atoms with E-state index in [0.29, 0.717) is 50.0 Å². The van der Waals surface area contributed by atoms with Crippen molar-refractivity contribution in [3.8, 4) is 0 Å². The summed E-state index contributed by atoms with van der Waals surface area (Å²) in [6.45, 7) is 5.27. The molecule has 3 heterocycles. The smallest absolute Gasteiger partial charge is 0.267 e. The molecule has 0 N–H and O–H groups in total. The molecule has 20 heavy (non-hydrogen) atoms. The normalized spacial score (nSPS) is 19.9. The van der Waals surface area contributed by atoms with Crippen molar-refractivity contribution in [1.29, 1.82) is 0 Å². The molecule has 2 saturated heterocycles. The zero-order valence-corrected chi connectivity index (χ0v) is 12.1. The maximum absolute atomic E-state index is 12.2. The molecule has 0 radical (unpaired) electrons. The number of morpholine rings is 1. The first kappa shape index (κ1) is 13.4. The van der Waals surface area contributed by atoms with Gasteiger partial charge in [-0.25, -0.2) is 0 Å². The van der Waals surface area contributed by atoms with E-state index in [9.17, 15) is 9.59 Å². The lowest BCUT2D eigenvalue weighted by molar-refractivity contribution is -0.143. The Labute approximate surface area is 120 Å². The van der Waals surface area contributed by atoms with E-state index in [-0.39, 0.29) is 17.7 Å². The van der Waals surface area contributed by atoms with Crippen molar-refractivity contribution in [2.45, 2.75) is 6.92 Å². The van der Waals surface area contributed by atoms with Gasteiger partial charge in [-0.05, 0) is 18.5 Å². The molecule has 0 saturated carbocycles. The summed E-state index contributed by atoms with van der Waals surface area (Å²) >= 11 is 1.11. The third-order valence-corrected chi connectivity index (χ3v) is 4.50. The van der Waals surface area contributed by atoms with Crippen molar-refractivity contribution in [1.82, 2.24) is 19.4 Å². The number of ether oxygens (including phenoxy) is 1. The molecule has 108 valence electrons. The van der Waals surface area contributed by atoms with Crippen LogP contribution in [-0.2, 0) is 9.53 Å². The van der Waals surface area contributed by atoms with Gasteiger partial charge in [0.15, 0.2) is 0 Å². The average Bonchev–Trinajstić information content (AvgIpc) is 2.84. The Balaban J connectivity index is 1.54. The molecule has 1 aromatic heterocycles. The molecule has 1 aromatic rings. The van der Waals surface area contributed by atoms with Crippen molar-refractivity contribution >= 4 is 23.3 Å². The monoisotopic (exact) mass is 296 g/mol. The first-order valence-corrected chi connectivity index (χ1v) is 7.39. The number of hydrogen-bond donors (Lipinski definition) is 0. The molecule has 2 amide bonds. The Morgan fingerprint density at radius 1 is 1.25 bits per heavy atom. The summed E-state index contributed by atoms with van der Waals surface area (Å²) in [4.78, 5) is 28.5. The largest absolute Gasteiger partial charge is 0.378 e. The minimum atomic E-state index is -0.0711. The molecule has 0 atom stereocenters. The van der Waals surface area contributed by atoms with E-state index in [1.165, 1.54) is 0 Å². The van der Waals surface area contributed by atoms with E-state index in [0.717, 1.165) is 11.5 Å². The van der Waals surface area contributed by atoms with Crippen LogP contribution < -0.4 is 0 Å². The minimum absolute atomic E-state index is 0.0662. The van der Waals surface area contributed by atoms with Crippen LogP contribution in [0.3, 0.4) is 0 Å². The average molecular weight is 296 g/mol. The highest BCUT2D eigenvalue weighted by Crippen LogP contribution is 2.23. The number of likely N-dealkylation sites (tertiary alicyclic amines) is 1. The Kier molecular flexibility index (Phi) is 3.66. The molecule has 7 nitrogen and oxygen atoms in total. The van der Waals surface area contributed by atoms with Crippen LogP contribution in [-0.4, -0.2) is 70.6 Å². The van der Waals surface area contributed by atoms with Gasteiger partial charge in [-0.15, -0.1) is 5.10 Å². The highest BCUT2D eigenvalue weighted by Gasteiger charge is 2.39. The maximum Gasteiger partial charge on any atom is 0.267 e. The highest BCUT2D eigenvalue weighted by molar-refractivity contribution is 7.07. The summed E-state index contributed by atoms with van der Waals surface area (Å²) in [7, 11) is 0. The summed E-state index contributed by atoms with van der Waals surface area (Å²) in [5.41, 5.74) is 0.656. The topological polar surface area (TPSA) is 75.6 Å². The zero-order valence-electron chi connectivity index (χ0n) is 11.2. The number of nitrogens with zero attached hydrogens (tertiary/aromatic N) is 4. The lowest BCUT2D eigenvalue weighted by Crippen LogP contribution is -2.57.